The number of Topliss-reactive ketones (excluding diaryl/α,β-unsaturated/α-hetero) is 1. The summed E-state index contributed by atoms with van der Waals surface area (Å²) >= 11 is 1.52. The molecular weight excluding hydrogens is 316 g/mol. The third-order valence-electron chi connectivity index (χ3n) is 2.89. The van der Waals surface area contributed by atoms with Crippen molar-refractivity contribution < 1.29 is 19.1 Å². The molecule has 0 saturated carbocycles. The van der Waals surface area contributed by atoms with Crippen LogP contribution < -0.4 is 15.4 Å². The van der Waals surface area contributed by atoms with Crippen LogP contribution in [0.4, 0.5) is 4.79 Å². The third-order valence-corrected chi connectivity index (χ3v) is 3.76. The van der Waals surface area contributed by atoms with Crippen LogP contribution in [0.3, 0.4) is 0 Å². The number of carbonyl (C=O) groups excluding carboxylic acids is 3. The first-order valence-electron chi connectivity index (χ1n) is 6.88. The van der Waals surface area contributed by atoms with Crippen LogP contribution in [0.15, 0.2) is 41.8 Å². The number of imide groups is 1. The van der Waals surface area contributed by atoms with Crippen LogP contribution in [0.25, 0.3) is 0 Å². The normalized spacial score (nSPS) is 9.96. The van der Waals surface area contributed by atoms with Crippen molar-refractivity contribution in [1.82, 2.24) is 10.6 Å². The maximum absolute atomic E-state index is 11.6. The Morgan fingerprint density at radius 3 is 2.48 bits per heavy atom. The fourth-order valence-corrected chi connectivity index (χ4v) is 2.37. The standard InChI is InChI=1S/C16H16N2O4S/c1-11(19)12-4-6-13(7-5-12)22-10-15(20)18-16(21)17-9-14-3-2-8-23-14/h2-8H,9-10H2,1H3,(H2,17,18,20,21). The van der Waals surface area contributed by atoms with Crippen LogP contribution in [0.1, 0.15) is 22.2 Å². The second kappa shape index (κ2) is 8.09. The monoisotopic (exact) mass is 332 g/mol. The summed E-state index contributed by atoms with van der Waals surface area (Å²) in [6.45, 7) is 1.55. The van der Waals surface area contributed by atoms with Gasteiger partial charge in [-0.25, -0.2) is 4.79 Å². The van der Waals surface area contributed by atoms with Crippen molar-refractivity contribution in [1.29, 1.82) is 0 Å². The average molecular weight is 332 g/mol. The molecule has 0 radical (unpaired) electrons. The molecule has 0 fully saturated rings. The number of ether oxygens (including phenoxy) is 1. The van der Waals surface area contributed by atoms with E-state index in [1.807, 2.05) is 17.5 Å². The van der Waals surface area contributed by atoms with Gasteiger partial charge < -0.3 is 10.1 Å². The summed E-state index contributed by atoms with van der Waals surface area (Å²) in [4.78, 5) is 35.3. The van der Waals surface area contributed by atoms with Gasteiger partial charge in [0.1, 0.15) is 5.75 Å². The number of ketones is 1. The van der Waals surface area contributed by atoms with Gasteiger partial charge in [-0.2, -0.15) is 0 Å². The van der Waals surface area contributed by atoms with Gasteiger partial charge in [0.15, 0.2) is 12.4 Å². The van der Waals surface area contributed by atoms with E-state index in [0.717, 1.165) is 4.88 Å². The van der Waals surface area contributed by atoms with Crippen LogP contribution in [0, 0.1) is 0 Å². The summed E-state index contributed by atoms with van der Waals surface area (Å²) in [5.41, 5.74) is 0.565. The summed E-state index contributed by atoms with van der Waals surface area (Å²) in [5, 5.41) is 6.67. The predicted octanol–water partition coefficient (Wildman–Crippen LogP) is 2.36. The largest absolute Gasteiger partial charge is 0.484 e. The second-order valence-corrected chi connectivity index (χ2v) is 5.71. The van der Waals surface area contributed by atoms with Crippen LogP contribution in [0.5, 0.6) is 5.75 Å². The lowest BCUT2D eigenvalue weighted by Gasteiger charge is -2.08. The molecule has 2 N–H and O–H groups in total. The molecular formula is C16H16N2O4S. The highest BCUT2D eigenvalue weighted by molar-refractivity contribution is 7.09. The molecule has 0 aliphatic heterocycles. The smallest absolute Gasteiger partial charge is 0.321 e. The highest BCUT2D eigenvalue weighted by Gasteiger charge is 2.08. The van der Waals surface area contributed by atoms with Gasteiger partial charge in [0.05, 0.1) is 6.54 Å². The molecule has 0 aliphatic carbocycles. The summed E-state index contributed by atoms with van der Waals surface area (Å²) in [6.07, 6.45) is 0. The van der Waals surface area contributed by atoms with E-state index in [1.54, 1.807) is 24.3 Å². The predicted molar refractivity (Wildman–Crippen MR) is 86.6 cm³/mol. The zero-order valence-electron chi connectivity index (χ0n) is 12.5. The molecule has 0 spiro atoms. The Hall–Kier alpha value is -2.67. The minimum atomic E-state index is -0.570. The Bertz CT molecular complexity index is 681. The van der Waals surface area contributed by atoms with Crippen molar-refractivity contribution >= 4 is 29.1 Å². The van der Waals surface area contributed by atoms with Crippen molar-refractivity contribution in [3.63, 3.8) is 0 Å². The number of benzene rings is 1. The molecule has 6 nitrogen and oxygen atoms in total. The fraction of sp³-hybridized carbons (Fsp3) is 0.188. The summed E-state index contributed by atoms with van der Waals surface area (Å²) in [7, 11) is 0. The van der Waals surface area contributed by atoms with Gasteiger partial charge in [-0.15, -0.1) is 11.3 Å². The number of hydrogen-bond acceptors (Lipinski definition) is 5. The molecule has 3 amide bonds. The van der Waals surface area contributed by atoms with E-state index in [4.69, 9.17) is 4.74 Å². The molecule has 0 unspecified atom stereocenters. The zero-order valence-corrected chi connectivity index (χ0v) is 13.3. The summed E-state index contributed by atoms with van der Waals surface area (Å²) in [5.74, 6) is -0.148. The molecule has 2 rings (SSSR count). The van der Waals surface area contributed by atoms with Gasteiger partial charge in [0, 0.05) is 10.4 Å². The molecule has 1 aromatic heterocycles. The number of carbonyl (C=O) groups is 3. The van der Waals surface area contributed by atoms with Gasteiger partial charge in [-0.3, -0.25) is 14.9 Å². The molecule has 7 heteroatoms. The highest BCUT2D eigenvalue weighted by Crippen LogP contribution is 2.12. The lowest BCUT2D eigenvalue weighted by atomic mass is 10.1. The highest BCUT2D eigenvalue weighted by atomic mass is 32.1. The van der Waals surface area contributed by atoms with E-state index in [-0.39, 0.29) is 12.4 Å². The van der Waals surface area contributed by atoms with Crippen molar-refractivity contribution in [2.45, 2.75) is 13.5 Å². The molecule has 0 bridgehead atoms. The molecule has 23 heavy (non-hydrogen) atoms. The first-order valence-corrected chi connectivity index (χ1v) is 7.76. The summed E-state index contributed by atoms with van der Waals surface area (Å²) < 4.78 is 5.25. The molecule has 1 aromatic carbocycles. The zero-order chi connectivity index (χ0) is 16.7. The minimum Gasteiger partial charge on any atom is -0.484 e. The maximum Gasteiger partial charge on any atom is 0.321 e. The summed E-state index contributed by atoms with van der Waals surface area (Å²) in [6, 6.07) is 9.63. The van der Waals surface area contributed by atoms with Gasteiger partial charge in [0.2, 0.25) is 0 Å². The van der Waals surface area contributed by atoms with Crippen molar-refractivity contribution in [3.05, 3.63) is 52.2 Å². The molecule has 120 valence electrons. The lowest BCUT2D eigenvalue weighted by Crippen LogP contribution is -2.41. The maximum atomic E-state index is 11.6. The Labute approximate surface area is 137 Å². The number of rotatable bonds is 6. The molecule has 0 saturated heterocycles. The number of urea groups is 1. The van der Waals surface area contributed by atoms with Crippen molar-refractivity contribution in [3.8, 4) is 5.75 Å². The lowest BCUT2D eigenvalue weighted by molar-refractivity contribution is -0.122. The van der Waals surface area contributed by atoms with E-state index < -0.39 is 11.9 Å². The fourth-order valence-electron chi connectivity index (χ4n) is 1.72. The quantitative estimate of drug-likeness (QED) is 0.795. The number of nitrogens with one attached hydrogen (secondary N) is 2. The van der Waals surface area contributed by atoms with Crippen molar-refractivity contribution in [2.24, 2.45) is 0 Å². The molecule has 1 heterocycles. The van der Waals surface area contributed by atoms with E-state index in [2.05, 4.69) is 10.6 Å². The molecule has 0 aliphatic rings. The number of amides is 3. The van der Waals surface area contributed by atoms with Crippen LogP contribution >= 0.6 is 11.3 Å². The number of hydrogen-bond donors (Lipinski definition) is 2. The Kier molecular flexibility index (Phi) is 5.87. The number of thiophene rings is 1. The van der Waals surface area contributed by atoms with E-state index in [9.17, 15) is 14.4 Å². The molecule has 0 atom stereocenters. The third kappa shape index (κ3) is 5.55. The van der Waals surface area contributed by atoms with Gasteiger partial charge in [-0.05, 0) is 42.6 Å². The van der Waals surface area contributed by atoms with Gasteiger partial charge in [-0.1, -0.05) is 6.07 Å². The Balaban J connectivity index is 1.71. The van der Waals surface area contributed by atoms with E-state index >= 15 is 0 Å². The minimum absolute atomic E-state index is 0.0447. The average Bonchev–Trinajstić information content (AvgIpc) is 3.05. The van der Waals surface area contributed by atoms with Crippen LogP contribution in [-0.4, -0.2) is 24.3 Å². The topological polar surface area (TPSA) is 84.5 Å². The first-order chi connectivity index (χ1) is 11.0. The van der Waals surface area contributed by atoms with Crippen molar-refractivity contribution in [2.75, 3.05) is 6.61 Å². The SMILES string of the molecule is CC(=O)c1ccc(OCC(=O)NC(=O)NCc2cccs2)cc1. The van der Waals surface area contributed by atoms with E-state index in [1.165, 1.54) is 18.3 Å². The van der Waals surface area contributed by atoms with Crippen LogP contribution in [0.2, 0.25) is 0 Å². The second-order valence-electron chi connectivity index (χ2n) is 4.68. The first kappa shape index (κ1) is 16.7. The van der Waals surface area contributed by atoms with Crippen LogP contribution in [-0.2, 0) is 11.3 Å². The molecule has 2 aromatic rings. The van der Waals surface area contributed by atoms with Gasteiger partial charge >= 0.3 is 6.03 Å². The van der Waals surface area contributed by atoms with E-state index in [0.29, 0.717) is 17.9 Å². The Morgan fingerprint density at radius 1 is 1.13 bits per heavy atom. The Morgan fingerprint density at radius 2 is 1.87 bits per heavy atom. The van der Waals surface area contributed by atoms with Gasteiger partial charge in [0.25, 0.3) is 5.91 Å².